The van der Waals surface area contributed by atoms with E-state index in [1.54, 1.807) is 57.2 Å². The Morgan fingerprint density at radius 1 is 0.825 bits per heavy atom. The predicted octanol–water partition coefficient (Wildman–Crippen LogP) is 6.37. The van der Waals surface area contributed by atoms with Gasteiger partial charge < -0.3 is 38.6 Å². The summed E-state index contributed by atoms with van der Waals surface area (Å²) in [5.41, 5.74) is -6.39. The molecule has 9 atom stereocenters. The van der Waals surface area contributed by atoms with E-state index in [4.69, 9.17) is 28.4 Å². The zero-order valence-electron chi connectivity index (χ0n) is 35.9. The lowest BCUT2D eigenvalue weighted by atomic mass is 9.44. The topological polar surface area (TPSA) is 181 Å². The first-order chi connectivity index (χ1) is 29.9. The van der Waals surface area contributed by atoms with E-state index in [9.17, 15) is 29.4 Å². The number of aliphatic hydroxyl groups excluding tert-OH is 1. The monoisotopic (exact) mass is 858 g/mol. The van der Waals surface area contributed by atoms with Crippen molar-refractivity contribution in [2.24, 2.45) is 16.7 Å². The van der Waals surface area contributed by atoms with E-state index < -0.39 is 94.6 Å². The molecule has 13 heteroatoms. The second-order valence-corrected chi connectivity index (χ2v) is 17.6. The number of hydrogen-bond acceptors (Lipinski definition) is 13. The molecule has 0 unspecified atom stereocenters. The fourth-order valence-corrected chi connectivity index (χ4v) is 10.4. The zero-order valence-corrected chi connectivity index (χ0v) is 35.9. The van der Waals surface area contributed by atoms with Crippen LogP contribution in [0.2, 0.25) is 0 Å². The summed E-state index contributed by atoms with van der Waals surface area (Å²) < 4.78 is 36.3. The van der Waals surface area contributed by atoms with Gasteiger partial charge in [-0.2, -0.15) is 0 Å². The average molecular weight is 859 g/mol. The van der Waals surface area contributed by atoms with Crippen LogP contribution in [0.25, 0.3) is 16.8 Å². The van der Waals surface area contributed by atoms with Gasteiger partial charge >= 0.3 is 23.9 Å². The van der Waals surface area contributed by atoms with Gasteiger partial charge in [-0.3, -0.25) is 9.59 Å². The molecule has 13 nitrogen and oxygen atoms in total. The molecular formula is C50H50O13. The standard InChI is InChI=1S/C50H50O13/c1-28-36(60-39(53)23-17-30-16-18-31-12-10-11-15-34(31)24-30)26-50(57)44(62-46(56)33-19-21-35(58-6)22-20-33)42-48(5,37(52)25-38-49(42,27-59-38)63-29(2)51)43(54)41(40(28)47(50,3)4)61-45(55)32-13-8-7-9-14-32/h7-24,36-38,41-42,44,52,57H,25-27H2,1-6H3/b23-17+/t36-,37-,38+,41+,42-,44-,48+,49-,50+/m0/s1. The molecule has 1 heterocycles. The maximum absolute atomic E-state index is 15.8. The third-order valence-electron chi connectivity index (χ3n) is 13.9. The van der Waals surface area contributed by atoms with E-state index in [2.05, 4.69) is 0 Å². The van der Waals surface area contributed by atoms with E-state index in [-0.39, 0.29) is 29.7 Å². The highest BCUT2D eigenvalue weighted by Gasteiger charge is 2.78. The number of carbonyl (C=O) groups is 5. The molecule has 0 amide bonds. The summed E-state index contributed by atoms with van der Waals surface area (Å²) in [6.45, 7) is 7.24. The summed E-state index contributed by atoms with van der Waals surface area (Å²) in [4.78, 5) is 71.3. The minimum atomic E-state index is -2.30. The first kappa shape index (κ1) is 43.5. The Bertz CT molecular complexity index is 2540. The van der Waals surface area contributed by atoms with Gasteiger partial charge in [-0.05, 0) is 89.9 Å². The summed E-state index contributed by atoms with van der Waals surface area (Å²) in [5.74, 6) is -5.19. The van der Waals surface area contributed by atoms with Crippen molar-refractivity contribution in [1.82, 2.24) is 0 Å². The van der Waals surface area contributed by atoms with Gasteiger partial charge in [0.15, 0.2) is 17.5 Å². The van der Waals surface area contributed by atoms with Crippen LogP contribution in [0.1, 0.15) is 73.7 Å². The van der Waals surface area contributed by atoms with Gasteiger partial charge in [-0.25, -0.2) is 14.4 Å². The highest BCUT2D eigenvalue weighted by atomic mass is 16.6. The van der Waals surface area contributed by atoms with Gasteiger partial charge in [-0.15, -0.1) is 0 Å². The van der Waals surface area contributed by atoms with Crippen molar-refractivity contribution in [3.63, 3.8) is 0 Å². The van der Waals surface area contributed by atoms with Gasteiger partial charge in [0.25, 0.3) is 0 Å². The number of carbonyl (C=O) groups excluding carboxylic acids is 5. The lowest BCUT2D eigenvalue weighted by molar-refractivity contribution is -0.345. The first-order valence-electron chi connectivity index (χ1n) is 20.9. The third kappa shape index (κ3) is 7.21. The summed E-state index contributed by atoms with van der Waals surface area (Å²) in [7, 11) is 1.47. The number of methoxy groups -OCH3 is 1. The van der Waals surface area contributed by atoms with Crippen LogP contribution in [-0.2, 0) is 38.1 Å². The normalized spacial score (nSPS) is 30.8. The number of benzene rings is 4. The third-order valence-corrected chi connectivity index (χ3v) is 13.9. The Morgan fingerprint density at radius 3 is 2.13 bits per heavy atom. The molecule has 3 fully saturated rings. The van der Waals surface area contributed by atoms with Crippen LogP contribution in [0.15, 0.2) is 114 Å². The number of fused-ring (bicyclic) bond motifs is 6. The van der Waals surface area contributed by atoms with E-state index >= 15 is 4.79 Å². The molecule has 1 saturated heterocycles. The van der Waals surface area contributed by atoms with Crippen molar-refractivity contribution in [3.8, 4) is 5.75 Å². The summed E-state index contributed by atoms with van der Waals surface area (Å²) in [6.07, 6.45) is -5.12. The second kappa shape index (κ2) is 16.2. The molecule has 4 aliphatic rings. The van der Waals surface area contributed by atoms with E-state index in [1.807, 2.05) is 42.5 Å². The average Bonchev–Trinajstić information content (AvgIpc) is 3.26. The molecule has 0 radical (unpaired) electrons. The number of rotatable bonds is 9. The van der Waals surface area contributed by atoms with Crippen molar-refractivity contribution in [2.75, 3.05) is 13.7 Å². The second-order valence-electron chi connectivity index (χ2n) is 17.6. The number of aliphatic hydroxyl groups is 2. The van der Waals surface area contributed by atoms with Gasteiger partial charge in [0.05, 0.1) is 42.3 Å². The number of Topliss-reactive ketones (excluding diaryl/α,β-unsaturated/α-hetero) is 1. The highest BCUT2D eigenvalue weighted by Crippen LogP contribution is 2.64. The smallest absolute Gasteiger partial charge is 0.339 e. The lowest BCUT2D eigenvalue weighted by Crippen LogP contribution is -2.82. The van der Waals surface area contributed by atoms with Gasteiger partial charge in [-0.1, -0.05) is 68.4 Å². The van der Waals surface area contributed by atoms with Gasteiger partial charge in [0, 0.05) is 31.3 Å². The summed E-state index contributed by atoms with van der Waals surface area (Å²) in [5, 5.41) is 28.0. The van der Waals surface area contributed by atoms with Crippen molar-refractivity contribution < 1.29 is 62.6 Å². The summed E-state index contributed by atoms with van der Waals surface area (Å²) >= 11 is 0. The molecule has 3 aliphatic carbocycles. The molecule has 8 rings (SSSR count). The van der Waals surface area contributed by atoms with Crippen LogP contribution in [0.5, 0.6) is 5.75 Å². The van der Waals surface area contributed by atoms with Gasteiger partial charge in [0.2, 0.25) is 0 Å². The fourth-order valence-electron chi connectivity index (χ4n) is 10.4. The predicted molar refractivity (Wildman–Crippen MR) is 228 cm³/mol. The maximum Gasteiger partial charge on any atom is 0.339 e. The molecular weight excluding hydrogens is 809 g/mol. The number of ether oxygens (including phenoxy) is 6. The molecule has 1 aliphatic heterocycles. The number of ketones is 1. The molecule has 2 bridgehead atoms. The van der Waals surface area contributed by atoms with Crippen LogP contribution in [0.4, 0.5) is 0 Å². The number of esters is 4. The van der Waals surface area contributed by atoms with E-state index in [0.29, 0.717) is 11.3 Å². The van der Waals surface area contributed by atoms with E-state index in [1.165, 1.54) is 51.3 Å². The van der Waals surface area contributed by atoms with Crippen LogP contribution in [0.3, 0.4) is 0 Å². The SMILES string of the molecule is COc1ccc(C(=O)O[C@H]2[C@@H]3[C@]4(OC(C)=O)CO[C@@H]4C[C@H](O)[C@@]3(C)C(=O)[C@H](OC(=O)c3ccccc3)C3=C(C)[C@@H](OC(=O)/C=C/c4ccc5ccccc5c4)C[C@]2(O)C3(C)C)cc1. The Labute approximate surface area is 364 Å². The van der Waals surface area contributed by atoms with Crippen molar-refractivity contribution in [1.29, 1.82) is 0 Å². The molecule has 328 valence electrons. The summed E-state index contributed by atoms with van der Waals surface area (Å²) in [6, 6.07) is 27.5. The fraction of sp³-hybridized carbons (Fsp3) is 0.380. The van der Waals surface area contributed by atoms with Crippen LogP contribution in [-0.4, -0.2) is 95.3 Å². The molecule has 0 aromatic heterocycles. The largest absolute Gasteiger partial charge is 0.497 e. The van der Waals surface area contributed by atoms with Crippen LogP contribution < -0.4 is 4.74 Å². The minimum Gasteiger partial charge on any atom is -0.497 e. The highest BCUT2D eigenvalue weighted by molar-refractivity contribution is 5.98. The quantitative estimate of drug-likeness (QED) is 0.0821. The van der Waals surface area contributed by atoms with E-state index in [0.717, 1.165) is 16.3 Å². The molecule has 4 aromatic carbocycles. The first-order valence-corrected chi connectivity index (χ1v) is 20.9. The Hall–Kier alpha value is -6.15. The zero-order chi connectivity index (χ0) is 45.1. The Balaban J connectivity index is 1.31. The van der Waals surface area contributed by atoms with Crippen molar-refractivity contribution in [2.45, 2.75) is 89.2 Å². The van der Waals surface area contributed by atoms with Crippen LogP contribution in [0, 0.1) is 16.7 Å². The Morgan fingerprint density at radius 2 is 1.48 bits per heavy atom. The molecule has 63 heavy (non-hydrogen) atoms. The molecule has 2 saturated carbocycles. The number of hydrogen-bond donors (Lipinski definition) is 2. The maximum atomic E-state index is 15.8. The Kier molecular flexibility index (Phi) is 11.2. The molecule has 4 aromatic rings. The van der Waals surface area contributed by atoms with Gasteiger partial charge in [0.1, 0.15) is 29.7 Å². The molecule has 2 N–H and O–H groups in total. The van der Waals surface area contributed by atoms with Crippen molar-refractivity contribution in [3.05, 3.63) is 131 Å². The molecule has 0 spiro atoms. The lowest BCUT2D eigenvalue weighted by Gasteiger charge is -2.67. The van der Waals surface area contributed by atoms with Crippen LogP contribution >= 0.6 is 0 Å². The van der Waals surface area contributed by atoms with Crippen molar-refractivity contribution >= 4 is 46.5 Å². The minimum absolute atomic E-state index is 0.0610.